The van der Waals surface area contributed by atoms with Gasteiger partial charge in [-0.25, -0.2) is 4.98 Å². The number of hydrogen-bond acceptors (Lipinski definition) is 4. The van der Waals surface area contributed by atoms with E-state index >= 15 is 0 Å². The lowest BCUT2D eigenvalue weighted by molar-refractivity contribution is -0.131. The molecule has 4 rings (SSSR count). The van der Waals surface area contributed by atoms with Crippen LogP contribution in [0.15, 0.2) is 10.9 Å². The zero-order valence-electron chi connectivity index (χ0n) is 16.5. The van der Waals surface area contributed by atoms with Crippen LogP contribution in [0.4, 0.5) is 0 Å². The zero-order chi connectivity index (χ0) is 18.8. The quantitative estimate of drug-likeness (QED) is 0.814. The Bertz CT molecular complexity index is 744. The number of aromatic nitrogens is 2. The van der Waals surface area contributed by atoms with Gasteiger partial charge in [-0.05, 0) is 44.6 Å². The van der Waals surface area contributed by atoms with Crippen LogP contribution >= 0.6 is 0 Å². The highest BCUT2D eigenvalue weighted by molar-refractivity contribution is 5.78. The van der Waals surface area contributed by atoms with Gasteiger partial charge in [-0.15, -0.1) is 0 Å². The van der Waals surface area contributed by atoms with Crippen molar-refractivity contribution < 1.29 is 4.79 Å². The van der Waals surface area contributed by atoms with Gasteiger partial charge in [0.2, 0.25) is 5.91 Å². The molecule has 0 saturated carbocycles. The number of rotatable bonds is 3. The Hall–Kier alpha value is -1.69. The van der Waals surface area contributed by atoms with Crippen LogP contribution in [0.1, 0.15) is 62.9 Å². The first-order chi connectivity index (χ1) is 13.1. The molecule has 0 spiro atoms. The summed E-state index contributed by atoms with van der Waals surface area (Å²) in [5.41, 5.74) is 0.985. The maximum absolute atomic E-state index is 12.7. The molecule has 0 bridgehead atoms. The van der Waals surface area contributed by atoms with Gasteiger partial charge in [-0.3, -0.25) is 19.1 Å². The highest BCUT2D eigenvalue weighted by Gasteiger charge is 2.30. The number of amides is 1. The van der Waals surface area contributed by atoms with E-state index in [0.29, 0.717) is 19.0 Å². The minimum atomic E-state index is 0.0870. The van der Waals surface area contributed by atoms with Crippen molar-refractivity contribution in [3.05, 3.63) is 27.9 Å². The molecule has 1 amide bonds. The molecule has 2 fully saturated rings. The van der Waals surface area contributed by atoms with Crippen LogP contribution in [0.5, 0.6) is 0 Å². The van der Waals surface area contributed by atoms with Crippen molar-refractivity contribution in [1.29, 1.82) is 0 Å². The van der Waals surface area contributed by atoms with Crippen molar-refractivity contribution in [2.75, 3.05) is 32.7 Å². The van der Waals surface area contributed by atoms with Gasteiger partial charge in [0.05, 0.1) is 12.2 Å². The van der Waals surface area contributed by atoms with Gasteiger partial charge in [0, 0.05) is 44.6 Å². The van der Waals surface area contributed by atoms with Crippen LogP contribution in [0.3, 0.4) is 0 Å². The Morgan fingerprint density at radius 3 is 2.85 bits per heavy atom. The number of piperidine rings is 1. The molecule has 3 aliphatic rings. The third kappa shape index (κ3) is 4.26. The van der Waals surface area contributed by atoms with E-state index in [-0.39, 0.29) is 17.4 Å². The van der Waals surface area contributed by atoms with Gasteiger partial charge >= 0.3 is 0 Å². The van der Waals surface area contributed by atoms with Crippen molar-refractivity contribution in [2.24, 2.45) is 5.92 Å². The lowest BCUT2D eigenvalue weighted by Crippen LogP contribution is -2.43. The van der Waals surface area contributed by atoms with E-state index in [0.717, 1.165) is 63.4 Å². The minimum absolute atomic E-state index is 0.0870. The van der Waals surface area contributed by atoms with Crippen LogP contribution in [0.25, 0.3) is 0 Å². The molecule has 2 saturated heterocycles. The Labute approximate surface area is 161 Å². The first-order valence-electron chi connectivity index (χ1n) is 10.7. The number of hydrogen-bond donors (Lipinski definition) is 0. The smallest absolute Gasteiger partial charge is 0.253 e. The maximum atomic E-state index is 12.7. The molecule has 0 N–H and O–H groups in total. The van der Waals surface area contributed by atoms with E-state index in [9.17, 15) is 9.59 Å². The number of carbonyl (C=O) groups excluding carboxylic acids is 1. The van der Waals surface area contributed by atoms with Crippen LogP contribution in [0.2, 0.25) is 0 Å². The molecular weight excluding hydrogens is 340 g/mol. The van der Waals surface area contributed by atoms with Crippen molar-refractivity contribution in [3.8, 4) is 0 Å². The summed E-state index contributed by atoms with van der Waals surface area (Å²) in [6, 6.07) is 1.72. The number of fused-ring (bicyclic) bond motifs is 1. The van der Waals surface area contributed by atoms with E-state index in [4.69, 9.17) is 4.98 Å². The van der Waals surface area contributed by atoms with E-state index in [1.165, 1.54) is 19.3 Å². The molecular formula is C21H32N4O2. The second kappa shape index (κ2) is 8.13. The standard InChI is InChI=1S/C21H32N4O2/c1-16-6-5-9-23(13-16)15-21(27)24-11-8-17(14-24)18-12-20(26)25-10-4-2-3-7-19(25)22-18/h12,16-17H,2-11,13-15H2,1H3/t16-,17+/m0/s1. The average Bonchev–Trinajstić information content (AvgIpc) is 3.01. The summed E-state index contributed by atoms with van der Waals surface area (Å²) in [5.74, 6) is 2.07. The largest absolute Gasteiger partial charge is 0.341 e. The molecule has 3 aliphatic heterocycles. The average molecular weight is 373 g/mol. The zero-order valence-corrected chi connectivity index (χ0v) is 16.5. The number of likely N-dealkylation sites (tertiary alicyclic amines) is 2. The fourth-order valence-electron chi connectivity index (χ4n) is 4.89. The van der Waals surface area contributed by atoms with Gasteiger partial charge in [0.15, 0.2) is 0 Å². The summed E-state index contributed by atoms with van der Waals surface area (Å²) in [6.07, 6.45) is 7.62. The number of aryl methyl sites for hydroxylation is 1. The third-order valence-electron chi connectivity index (χ3n) is 6.45. The Morgan fingerprint density at radius 1 is 1.11 bits per heavy atom. The molecule has 4 heterocycles. The van der Waals surface area contributed by atoms with Crippen molar-refractivity contribution in [2.45, 2.75) is 64.3 Å². The molecule has 6 heteroatoms. The molecule has 0 radical (unpaired) electrons. The van der Waals surface area contributed by atoms with E-state index in [2.05, 4.69) is 11.8 Å². The minimum Gasteiger partial charge on any atom is -0.341 e. The normalized spacial score (nSPS) is 26.6. The van der Waals surface area contributed by atoms with Gasteiger partial charge in [0.1, 0.15) is 5.82 Å². The van der Waals surface area contributed by atoms with Crippen LogP contribution < -0.4 is 5.56 Å². The molecule has 0 aromatic carbocycles. The monoisotopic (exact) mass is 372 g/mol. The fourth-order valence-corrected chi connectivity index (χ4v) is 4.89. The number of carbonyl (C=O) groups is 1. The van der Waals surface area contributed by atoms with Gasteiger partial charge in [-0.2, -0.15) is 0 Å². The molecule has 1 aromatic heterocycles. The van der Waals surface area contributed by atoms with E-state index in [1.54, 1.807) is 6.07 Å². The maximum Gasteiger partial charge on any atom is 0.253 e. The van der Waals surface area contributed by atoms with Crippen molar-refractivity contribution in [1.82, 2.24) is 19.4 Å². The first kappa shape index (κ1) is 18.7. The fraction of sp³-hybridized carbons (Fsp3) is 0.762. The highest BCUT2D eigenvalue weighted by atomic mass is 16.2. The molecule has 0 aliphatic carbocycles. The third-order valence-corrected chi connectivity index (χ3v) is 6.45. The van der Waals surface area contributed by atoms with E-state index in [1.807, 2.05) is 9.47 Å². The van der Waals surface area contributed by atoms with Gasteiger partial charge in [0.25, 0.3) is 5.56 Å². The van der Waals surface area contributed by atoms with Crippen LogP contribution in [-0.4, -0.2) is 58.0 Å². The summed E-state index contributed by atoms with van der Waals surface area (Å²) in [6.45, 7) is 7.17. The van der Waals surface area contributed by atoms with Crippen molar-refractivity contribution >= 4 is 5.91 Å². The second-order valence-electron chi connectivity index (χ2n) is 8.71. The Kier molecular flexibility index (Phi) is 5.62. The predicted molar refractivity (Wildman–Crippen MR) is 105 cm³/mol. The second-order valence-corrected chi connectivity index (χ2v) is 8.71. The molecule has 1 aromatic rings. The highest BCUT2D eigenvalue weighted by Crippen LogP contribution is 2.26. The summed E-state index contributed by atoms with van der Waals surface area (Å²) < 4.78 is 1.85. The molecule has 2 atom stereocenters. The van der Waals surface area contributed by atoms with Gasteiger partial charge < -0.3 is 4.90 Å². The lowest BCUT2D eigenvalue weighted by Gasteiger charge is -2.31. The van der Waals surface area contributed by atoms with Crippen LogP contribution in [-0.2, 0) is 17.8 Å². The van der Waals surface area contributed by atoms with Crippen LogP contribution in [0, 0.1) is 5.92 Å². The molecule has 0 unspecified atom stereocenters. The molecule has 148 valence electrons. The predicted octanol–water partition coefficient (Wildman–Crippen LogP) is 2.02. The number of nitrogens with zero attached hydrogens (tertiary/aromatic N) is 4. The Morgan fingerprint density at radius 2 is 2.00 bits per heavy atom. The molecule has 6 nitrogen and oxygen atoms in total. The van der Waals surface area contributed by atoms with Gasteiger partial charge in [-0.1, -0.05) is 13.3 Å². The Balaban J connectivity index is 1.40. The van der Waals surface area contributed by atoms with Crippen molar-refractivity contribution in [3.63, 3.8) is 0 Å². The topological polar surface area (TPSA) is 58.4 Å². The summed E-state index contributed by atoms with van der Waals surface area (Å²) in [5, 5.41) is 0. The molecule has 27 heavy (non-hydrogen) atoms. The summed E-state index contributed by atoms with van der Waals surface area (Å²) in [7, 11) is 0. The lowest BCUT2D eigenvalue weighted by atomic mass is 10.0. The summed E-state index contributed by atoms with van der Waals surface area (Å²) >= 11 is 0. The first-order valence-corrected chi connectivity index (χ1v) is 10.7. The SMILES string of the molecule is C[C@H]1CCCN(CC(=O)N2CC[C@@H](c3cc(=O)n4c(n3)CCCCC4)C2)C1. The van der Waals surface area contributed by atoms with E-state index < -0.39 is 0 Å². The summed E-state index contributed by atoms with van der Waals surface area (Å²) in [4.78, 5) is 34.4.